The maximum Gasteiger partial charge on any atom is 0.232 e. The second-order valence-electron chi connectivity index (χ2n) is 5.59. The Labute approximate surface area is 155 Å². The first kappa shape index (κ1) is 20.1. The van der Waals surface area contributed by atoms with E-state index in [0.717, 1.165) is 22.7 Å². The van der Waals surface area contributed by atoms with Crippen LogP contribution in [0.2, 0.25) is 5.02 Å². The number of halogens is 3. The highest BCUT2D eigenvalue weighted by atomic mass is 35.5. The summed E-state index contributed by atoms with van der Waals surface area (Å²) in [6, 6.07) is 9.39. The van der Waals surface area contributed by atoms with Gasteiger partial charge in [0.15, 0.2) is 11.6 Å². The highest BCUT2D eigenvalue weighted by molar-refractivity contribution is 7.92. The zero-order valence-corrected chi connectivity index (χ0v) is 15.4. The fourth-order valence-electron chi connectivity index (χ4n) is 2.27. The van der Waals surface area contributed by atoms with Crippen molar-refractivity contribution in [1.29, 1.82) is 0 Å². The molecule has 0 aromatic heterocycles. The van der Waals surface area contributed by atoms with Gasteiger partial charge in [0.05, 0.1) is 11.9 Å². The summed E-state index contributed by atoms with van der Waals surface area (Å²) in [6.07, 6.45) is 1.21. The minimum atomic E-state index is -3.71. The first-order chi connectivity index (χ1) is 12.2. The lowest BCUT2D eigenvalue weighted by molar-refractivity contribution is -0.116. The minimum absolute atomic E-state index is 0.00418. The van der Waals surface area contributed by atoms with E-state index < -0.39 is 21.7 Å². The Morgan fingerprint density at radius 1 is 1.12 bits per heavy atom. The van der Waals surface area contributed by atoms with Crippen molar-refractivity contribution in [1.82, 2.24) is 0 Å². The van der Waals surface area contributed by atoms with Crippen molar-refractivity contribution in [3.05, 3.63) is 59.1 Å². The van der Waals surface area contributed by atoms with Gasteiger partial charge in [-0.2, -0.15) is 0 Å². The number of nitrogens with zero attached hydrogens (tertiary/aromatic N) is 1. The van der Waals surface area contributed by atoms with E-state index in [1.807, 2.05) is 0 Å². The molecule has 0 bridgehead atoms. The van der Waals surface area contributed by atoms with Crippen LogP contribution in [0, 0.1) is 11.6 Å². The smallest absolute Gasteiger partial charge is 0.232 e. The fourth-order valence-corrected chi connectivity index (χ4v) is 3.35. The van der Waals surface area contributed by atoms with Crippen LogP contribution < -0.4 is 9.62 Å². The Hall–Kier alpha value is -2.19. The summed E-state index contributed by atoms with van der Waals surface area (Å²) < 4.78 is 51.2. The van der Waals surface area contributed by atoms with Crippen molar-refractivity contribution in [3.63, 3.8) is 0 Å². The molecule has 0 fully saturated rings. The average molecular weight is 403 g/mol. The van der Waals surface area contributed by atoms with Crippen LogP contribution >= 0.6 is 11.6 Å². The number of carbonyl (C=O) groups is 1. The standard InChI is InChI=1S/C17H17ClF2N2O3S/c1-26(24,25)22(14-8-9-15(19)16(20)11-14)10-2-3-17(23)21-13-6-4-12(18)5-7-13/h4-9,11H,2-3,10H2,1H3,(H,21,23). The molecule has 0 spiro atoms. The number of amides is 1. The monoisotopic (exact) mass is 402 g/mol. The number of nitrogens with one attached hydrogen (secondary N) is 1. The number of anilines is 2. The lowest BCUT2D eigenvalue weighted by Gasteiger charge is -2.22. The Balaban J connectivity index is 1.98. The third-order valence-electron chi connectivity index (χ3n) is 3.48. The van der Waals surface area contributed by atoms with Crippen molar-refractivity contribution >= 4 is 38.9 Å². The summed E-state index contributed by atoms with van der Waals surface area (Å²) in [5.74, 6) is -2.51. The molecule has 2 rings (SSSR count). The first-order valence-electron chi connectivity index (χ1n) is 7.65. The number of rotatable bonds is 7. The summed E-state index contributed by atoms with van der Waals surface area (Å²) in [4.78, 5) is 11.9. The van der Waals surface area contributed by atoms with Gasteiger partial charge in [-0.3, -0.25) is 9.10 Å². The fraction of sp³-hybridized carbons (Fsp3) is 0.235. The lowest BCUT2D eigenvalue weighted by Crippen LogP contribution is -2.31. The largest absolute Gasteiger partial charge is 0.326 e. The molecule has 0 heterocycles. The van der Waals surface area contributed by atoms with Gasteiger partial charge in [0.25, 0.3) is 0 Å². The van der Waals surface area contributed by atoms with Gasteiger partial charge in [-0.1, -0.05) is 11.6 Å². The quantitative estimate of drug-likeness (QED) is 0.766. The maximum absolute atomic E-state index is 13.4. The van der Waals surface area contributed by atoms with Gasteiger partial charge in [0.1, 0.15) is 0 Å². The van der Waals surface area contributed by atoms with Crippen molar-refractivity contribution in [3.8, 4) is 0 Å². The molecule has 5 nitrogen and oxygen atoms in total. The van der Waals surface area contributed by atoms with Crippen LogP contribution in [-0.2, 0) is 14.8 Å². The second-order valence-corrected chi connectivity index (χ2v) is 7.94. The van der Waals surface area contributed by atoms with Crippen molar-refractivity contribution < 1.29 is 22.0 Å². The molecular weight excluding hydrogens is 386 g/mol. The third kappa shape index (κ3) is 5.67. The topological polar surface area (TPSA) is 66.5 Å². The van der Waals surface area contributed by atoms with Crippen molar-refractivity contribution in [2.75, 3.05) is 22.4 Å². The summed E-state index contributed by atoms with van der Waals surface area (Å²) in [7, 11) is -3.71. The molecule has 140 valence electrons. The maximum atomic E-state index is 13.4. The number of hydrogen-bond acceptors (Lipinski definition) is 3. The Bertz CT molecular complexity index is 889. The van der Waals surface area contributed by atoms with E-state index in [0.29, 0.717) is 10.7 Å². The predicted molar refractivity (Wildman–Crippen MR) is 97.9 cm³/mol. The van der Waals surface area contributed by atoms with Gasteiger partial charge >= 0.3 is 0 Å². The summed E-state index contributed by atoms with van der Waals surface area (Å²) >= 11 is 5.76. The lowest BCUT2D eigenvalue weighted by atomic mass is 10.2. The van der Waals surface area contributed by atoms with Gasteiger partial charge in [-0.05, 0) is 42.8 Å². The second kappa shape index (κ2) is 8.46. The molecular formula is C17H17ClF2N2O3S. The van der Waals surface area contributed by atoms with E-state index in [9.17, 15) is 22.0 Å². The first-order valence-corrected chi connectivity index (χ1v) is 9.87. The van der Waals surface area contributed by atoms with Crippen molar-refractivity contribution in [2.24, 2.45) is 0 Å². The number of carbonyl (C=O) groups excluding carboxylic acids is 1. The highest BCUT2D eigenvalue weighted by Crippen LogP contribution is 2.21. The summed E-state index contributed by atoms with van der Waals surface area (Å²) in [5.41, 5.74) is 0.574. The molecule has 0 aliphatic heterocycles. The van der Waals surface area contributed by atoms with E-state index in [2.05, 4.69) is 5.32 Å². The van der Waals surface area contributed by atoms with E-state index in [1.54, 1.807) is 24.3 Å². The van der Waals surface area contributed by atoms with Crippen LogP contribution in [0.25, 0.3) is 0 Å². The summed E-state index contributed by atoms with van der Waals surface area (Å²) in [5, 5.41) is 3.20. The number of benzene rings is 2. The molecule has 0 unspecified atom stereocenters. The summed E-state index contributed by atoms with van der Waals surface area (Å²) in [6.45, 7) is -0.0437. The van der Waals surface area contributed by atoms with Gasteiger partial charge < -0.3 is 5.32 Å². The average Bonchev–Trinajstić information content (AvgIpc) is 2.55. The molecule has 2 aromatic rings. The van der Waals surface area contributed by atoms with E-state index in [-0.39, 0.29) is 31.0 Å². The Morgan fingerprint density at radius 3 is 2.35 bits per heavy atom. The van der Waals surface area contributed by atoms with Gasteiger partial charge in [-0.25, -0.2) is 17.2 Å². The van der Waals surface area contributed by atoms with Gasteiger partial charge in [-0.15, -0.1) is 0 Å². The molecule has 2 aromatic carbocycles. The van der Waals surface area contributed by atoms with Gasteiger partial charge in [0, 0.05) is 29.7 Å². The minimum Gasteiger partial charge on any atom is -0.326 e. The van der Waals surface area contributed by atoms with Gasteiger partial charge in [0.2, 0.25) is 15.9 Å². The molecule has 9 heteroatoms. The normalized spacial score (nSPS) is 11.2. The zero-order chi connectivity index (χ0) is 19.3. The van der Waals surface area contributed by atoms with Crippen LogP contribution in [-0.4, -0.2) is 27.1 Å². The molecule has 0 atom stereocenters. The van der Waals surface area contributed by atoms with Crippen LogP contribution in [0.1, 0.15) is 12.8 Å². The molecule has 0 aliphatic carbocycles. The molecule has 0 saturated heterocycles. The molecule has 0 saturated carbocycles. The van der Waals surface area contributed by atoms with E-state index >= 15 is 0 Å². The highest BCUT2D eigenvalue weighted by Gasteiger charge is 2.19. The Morgan fingerprint density at radius 2 is 1.77 bits per heavy atom. The van der Waals surface area contributed by atoms with Crippen LogP contribution in [0.3, 0.4) is 0 Å². The Kier molecular flexibility index (Phi) is 6.55. The van der Waals surface area contributed by atoms with E-state index in [1.165, 1.54) is 6.07 Å². The SMILES string of the molecule is CS(=O)(=O)N(CCCC(=O)Nc1ccc(Cl)cc1)c1ccc(F)c(F)c1. The zero-order valence-electron chi connectivity index (χ0n) is 13.9. The van der Waals surface area contributed by atoms with Crippen LogP contribution in [0.15, 0.2) is 42.5 Å². The number of hydrogen-bond donors (Lipinski definition) is 1. The molecule has 0 aliphatic rings. The van der Waals surface area contributed by atoms with E-state index in [4.69, 9.17) is 11.6 Å². The number of sulfonamides is 1. The van der Waals surface area contributed by atoms with Crippen molar-refractivity contribution in [2.45, 2.75) is 12.8 Å². The third-order valence-corrected chi connectivity index (χ3v) is 4.93. The molecule has 1 N–H and O–H groups in total. The van der Waals surface area contributed by atoms with Crippen LogP contribution in [0.4, 0.5) is 20.2 Å². The van der Waals surface area contributed by atoms with Crippen LogP contribution in [0.5, 0.6) is 0 Å². The molecule has 26 heavy (non-hydrogen) atoms. The molecule has 1 amide bonds. The molecule has 0 radical (unpaired) electrons. The predicted octanol–water partition coefficient (Wildman–Crippen LogP) is 3.80.